The highest BCUT2D eigenvalue weighted by Crippen LogP contribution is 2.74. The molecule has 5 rings (SSSR count). The summed E-state index contributed by atoms with van der Waals surface area (Å²) < 4.78 is 93.3. The number of pyridine rings is 1. The van der Waals surface area contributed by atoms with Crippen LogP contribution in [0.5, 0.6) is 0 Å². The summed E-state index contributed by atoms with van der Waals surface area (Å²) in [5.74, 6) is -9.80. The lowest BCUT2D eigenvalue weighted by atomic mass is 10.1. The average molecular weight is 647 g/mol. The largest absolute Gasteiger partial charge is 0.380 e. The van der Waals surface area contributed by atoms with Crippen molar-refractivity contribution in [1.82, 2.24) is 4.98 Å². The van der Waals surface area contributed by atoms with Gasteiger partial charge in [-0.15, -0.1) is 0 Å². The highest BCUT2D eigenvalue weighted by molar-refractivity contribution is 8.39. The lowest BCUT2D eigenvalue weighted by molar-refractivity contribution is -0.263. The first-order valence-corrected chi connectivity index (χ1v) is 18.4. The summed E-state index contributed by atoms with van der Waals surface area (Å²) in [6, 6.07) is 10.9. The van der Waals surface area contributed by atoms with Crippen LogP contribution in [0.2, 0.25) is 0 Å². The molecule has 1 aromatic heterocycles. The number of alkyl halides is 6. The summed E-state index contributed by atoms with van der Waals surface area (Å²) in [7, 11) is -1.02. The Morgan fingerprint density at radius 3 is 1.80 bits per heavy atom. The van der Waals surface area contributed by atoms with Crippen LogP contribution in [0.3, 0.4) is 0 Å². The molecule has 0 saturated carbocycles. The Labute approximate surface area is 257 Å². The number of benzene rings is 1. The van der Waals surface area contributed by atoms with Crippen LogP contribution < -0.4 is 4.90 Å². The summed E-state index contributed by atoms with van der Waals surface area (Å²) in [4.78, 5) is 6.54. The molecule has 1 aliphatic carbocycles. The molecule has 0 N–H and O–H groups in total. The van der Waals surface area contributed by atoms with Crippen molar-refractivity contribution in [3.8, 4) is 11.8 Å². The van der Waals surface area contributed by atoms with Crippen molar-refractivity contribution in [2.45, 2.75) is 17.8 Å². The van der Waals surface area contributed by atoms with Crippen LogP contribution in [-0.4, -0.2) is 61.9 Å². The standard InChI is InChI=1S/C34H32F6N2S2/c1-42(2)25-11-7-23(8-12-25)9-13-26-15-17-28(43(26,3)4)30-31(33(37,38)34(39,40)32(30,35)36)29-18-16-27(44(29,5)6)14-10-24-19-21-41-22-20-24/h7-8,10-12,14-22H,1-6H3/b14-10+. The molecule has 2 aliphatic heterocycles. The molecule has 0 spiro atoms. The quantitative estimate of drug-likeness (QED) is 0.238. The van der Waals surface area contributed by atoms with Gasteiger partial charge >= 0.3 is 17.8 Å². The van der Waals surface area contributed by atoms with Crippen molar-refractivity contribution in [3.63, 3.8) is 0 Å². The Morgan fingerprint density at radius 2 is 1.23 bits per heavy atom. The van der Waals surface area contributed by atoms with E-state index in [1.54, 1.807) is 67.8 Å². The SMILES string of the molecule is CN(C)c1ccc(C#CC2=CC=C(C3=C(C4=CC=C(/C=C/c5ccncc5)S4(C)C)C(F)(F)C(F)(F)C3(F)F)S2(C)C)cc1. The first-order valence-electron chi connectivity index (χ1n) is 13.5. The number of halogens is 6. The molecule has 2 aromatic rings. The summed E-state index contributed by atoms with van der Waals surface area (Å²) >= 11 is 0. The number of aromatic nitrogens is 1. The van der Waals surface area contributed by atoms with Gasteiger partial charge in [-0.2, -0.15) is 46.4 Å². The molecule has 1 aromatic carbocycles. The fourth-order valence-electron chi connectivity index (χ4n) is 5.32. The number of hydrogen-bond acceptors (Lipinski definition) is 2. The Balaban J connectivity index is 1.55. The van der Waals surface area contributed by atoms with Crippen LogP contribution >= 0.6 is 20.1 Å². The van der Waals surface area contributed by atoms with Gasteiger partial charge in [0.2, 0.25) is 0 Å². The van der Waals surface area contributed by atoms with Crippen molar-refractivity contribution in [2.24, 2.45) is 0 Å². The first kappa shape index (κ1) is 31.9. The van der Waals surface area contributed by atoms with Gasteiger partial charge in [-0.1, -0.05) is 17.9 Å². The fourth-order valence-corrected chi connectivity index (χ4v) is 9.64. The van der Waals surface area contributed by atoms with Gasteiger partial charge in [0.05, 0.1) is 11.1 Å². The van der Waals surface area contributed by atoms with Gasteiger partial charge in [-0.25, -0.2) is 0 Å². The summed E-state index contributed by atoms with van der Waals surface area (Å²) in [6.45, 7) is 0. The van der Waals surface area contributed by atoms with E-state index in [9.17, 15) is 0 Å². The zero-order valence-corrected chi connectivity index (χ0v) is 26.7. The Hall–Kier alpha value is -3.55. The summed E-state index contributed by atoms with van der Waals surface area (Å²) in [5, 5.41) is 0. The molecule has 3 aliphatic rings. The van der Waals surface area contributed by atoms with Crippen molar-refractivity contribution in [2.75, 3.05) is 44.0 Å². The van der Waals surface area contributed by atoms with E-state index in [2.05, 4.69) is 16.8 Å². The number of hydrogen-bond donors (Lipinski definition) is 0. The van der Waals surface area contributed by atoms with E-state index in [4.69, 9.17) is 0 Å². The Morgan fingerprint density at radius 1 is 0.682 bits per heavy atom. The molecule has 0 amide bonds. The summed E-state index contributed by atoms with van der Waals surface area (Å²) in [5.41, 5.74) is -0.125. The third kappa shape index (κ3) is 4.94. The first-order chi connectivity index (χ1) is 20.4. The maximum Gasteiger partial charge on any atom is 0.380 e. The van der Waals surface area contributed by atoms with Gasteiger partial charge < -0.3 is 4.90 Å². The van der Waals surface area contributed by atoms with Crippen LogP contribution in [0, 0.1) is 11.8 Å². The van der Waals surface area contributed by atoms with E-state index in [1.807, 2.05) is 43.3 Å². The number of nitrogens with zero attached hydrogens (tertiary/aromatic N) is 2. The molecule has 0 saturated heterocycles. The molecule has 10 heteroatoms. The van der Waals surface area contributed by atoms with E-state index >= 15 is 26.3 Å². The molecule has 3 heterocycles. The maximum atomic E-state index is 15.7. The molecule has 0 bridgehead atoms. The van der Waals surface area contributed by atoms with Crippen molar-refractivity contribution in [1.29, 1.82) is 0 Å². The van der Waals surface area contributed by atoms with E-state index in [0.29, 0.717) is 15.4 Å². The third-order valence-electron chi connectivity index (χ3n) is 8.04. The zero-order chi connectivity index (χ0) is 32.3. The molecule has 0 atom stereocenters. The van der Waals surface area contributed by atoms with Gasteiger partial charge in [0.15, 0.2) is 0 Å². The van der Waals surface area contributed by atoms with Gasteiger partial charge in [-0.3, -0.25) is 4.98 Å². The second kappa shape index (κ2) is 10.8. The lowest BCUT2D eigenvalue weighted by Gasteiger charge is -2.36. The van der Waals surface area contributed by atoms with Gasteiger partial charge in [0.1, 0.15) is 0 Å². The Kier molecular flexibility index (Phi) is 7.83. The molecule has 2 nitrogen and oxygen atoms in total. The minimum Gasteiger partial charge on any atom is -0.378 e. The van der Waals surface area contributed by atoms with Crippen molar-refractivity contribution in [3.05, 3.63) is 121 Å². The predicted molar refractivity (Wildman–Crippen MR) is 174 cm³/mol. The minimum atomic E-state index is -5.62. The summed E-state index contributed by atoms with van der Waals surface area (Å²) in [6.07, 6.45) is 18.8. The predicted octanol–water partition coefficient (Wildman–Crippen LogP) is 9.12. The number of allylic oxidation sites excluding steroid dienone is 8. The van der Waals surface area contributed by atoms with E-state index in [1.165, 1.54) is 18.2 Å². The molecular weight excluding hydrogens is 615 g/mol. The zero-order valence-electron chi connectivity index (χ0n) is 25.1. The van der Waals surface area contributed by atoms with Crippen LogP contribution in [0.25, 0.3) is 6.08 Å². The minimum absolute atomic E-state index is 0.180. The van der Waals surface area contributed by atoms with E-state index in [0.717, 1.165) is 11.3 Å². The average Bonchev–Trinajstić information content (AvgIpc) is 3.45. The van der Waals surface area contributed by atoms with E-state index in [-0.39, 0.29) is 9.81 Å². The fraction of sp³-hybridized carbons (Fsp3) is 0.265. The van der Waals surface area contributed by atoms with E-state index < -0.39 is 49.0 Å². The van der Waals surface area contributed by atoms with Crippen molar-refractivity contribution >= 4 is 31.8 Å². The van der Waals surface area contributed by atoms with Crippen LogP contribution in [0.1, 0.15) is 11.1 Å². The second-order valence-corrected chi connectivity index (χ2v) is 18.7. The third-order valence-corrected chi connectivity index (χ3v) is 13.7. The molecule has 232 valence electrons. The maximum absolute atomic E-state index is 15.7. The van der Waals surface area contributed by atoms with Crippen molar-refractivity contribution < 1.29 is 26.3 Å². The topological polar surface area (TPSA) is 16.1 Å². The van der Waals surface area contributed by atoms with Crippen LogP contribution in [-0.2, 0) is 0 Å². The lowest BCUT2D eigenvalue weighted by Crippen LogP contribution is -2.49. The molecular formula is C34H32F6N2S2. The number of rotatable bonds is 5. The highest BCUT2D eigenvalue weighted by atomic mass is 32.3. The molecule has 0 radical (unpaired) electrons. The van der Waals surface area contributed by atoms with Crippen LogP contribution in [0.15, 0.2) is 110 Å². The van der Waals surface area contributed by atoms with Gasteiger partial charge in [0.25, 0.3) is 0 Å². The molecule has 0 unspecified atom stereocenters. The smallest absolute Gasteiger partial charge is 0.378 e. The second-order valence-electron chi connectivity index (χ2n) is 11.6. The number of anilines is 1. The monoisotopic (exact) mass is 646 g/mol. The Bertz CT molecular complexity index is 1750. The normalized spacial score (nSPS) is 23.7. The van der Waals surface area contributed by atoms with Crippen LogP contribution in [0.4, 0.5) is 32.0 Å². The van der Waals surface area contributed by atoms with Gasteiger partial charge in [-0.05, 0) is 102 Å². The molecule has 0 fully saturated rings. The molecule has 44 heavy (non-hydrogen) atoms. The highest BCUT2D eigenvalue weighted by Gasteiger charge is 2.81. The van der Waals surface area contributed by atoms with Gasteiger partial charge in [0, 0.05) is 52.5 Å².